The number of aromatic nitrogens is 1. The van der Waals surface area contributed by atoms with E-state index >= 15 is 0 Å². The summed E-state index contributed by atoms with van der Waals surface area (Å²) in [6.07, 6.45) is 17.5. The Morgan fingerprint density at radius 2 is 1.34 bits per heavy atom. The molecule has 13 rings (SSSR count). The van der Waals surface area contributed by atoms with Crippen molar-refractivity contribution < 1.29 is 8.83 Å². The van der Waals surface area contributed by atoms with Crippen LogP contribution in [-0.2, 0) is 12.8 Å². The van der Waals surface area contributed by atoms with Gasteiger partial charge in [0, 0.05) is 68.3 Å². The van der Waals surface area contributed by atoms with Crippen LogP contribution >= 0.6 is 0 Å². The molecule has 0 atom stereocenters. The van der Waals surface area contributed by atoms with E-state index < -0.39 is 0 Å². The highest BCUT2D eigenvalue weighted by atomic mass is 16.3. The van der Waals surface area contributed by atoms with Crippen molar-refractivity contribution in [1.29, 1.82) is 0 Å². The third-order valence-electron chi connectivity index (χ3n) is 12.8. The minimum atomic E-state index is 0.839. The molecule has 2 aliphatic carbocycles. The monoisotopic (exact) mass is 786 g/mol. The number of nitrogens with zero attached hydrogens (tertiary/aromatic N) is 2. The molecule has 0 saturated carbocycles. The Morgan fingerprint density at radius 3 is 2.28 bits per heavy atom. The third kappa shape index (κ3) is 5.82. The molecule has 0 fully saturated rings. The van der Waals surface area contributed by atoms with Crippen molar-refractivity contribution >= 4 is 90.2 Å². The minimum Gasteiger partial charge on any atom is -0.456 e. The normalized spacial score (nSPS) is 15.3. The van der Waals surface area contributed by atoms with Gasteiger partial charge in [-0.1, -0.05) is 116 Å². The zero-order valence-corrected chi connectivity index (χ0v) is 34.0. The largest absolute Gasteiger partial charge is 0.456 e. The van der Waals surface area contributed by atoms with Crippen molar-refractivity contribution in [3.63, 3.8) is 0 Å². The van der Waals surface area contributed by atoms with Gasteiger partial charge in [0.1, 0.15) is 16.9 Å². The third-order valence-corrected chi connectivity index (χ3v) is 12.8. The lowest BCUT2D eigenvalue weighted by molar-refractivity contribution is 0.574. The van der Waals surface area contributed by atoms with E-state index in [0.29, 0.717) is 0 Å². The second-order valence-electron chi connectivity index (χ2n) is 16.5. The lowest BCUT2D eigenvalue weighted by Gasteiger charge is -2.21. The van der Waals surface area contributed by atoms with Gasteiger partial charge in [-0.25, -0.2) is 0 Å². The van der Waals surface area contributed by atoms with Crippen molar-refractivity contribution in [2.75, 3.05) is 11.9 Å². The van der Waals surface area contributed by atoms with Crippen LogP contribution in [0.2, 0.25) is 0 Å². The summed E-state index contributed by atoms with van der Waals surface area (Å²) in [5.74, 6) is 0.987. The summed E-state index contributed by atoms with van der Waals surface area (Å²) < 4.78 is 15.2. The number of rotatable bonds is 2. The molecular formula is C57H42N2O2. The van der Waals surface area contributed by atoms with E-state index in [9.17, 15) is 0 Å². The number of hydrogen-bond acceptors (Lipinski definition) is 3. The second-order valence-corrected chi connectivity index (χ2v) is 16.5. The van der Waals surface area contributed by atoms with E-state index in [-0.39, 0.29) is 0 Å². The number of furan rings is 2. The van der Waals surface area contributed by atoms with E-state index in [0.717, 1.165) is 84.9 Å². The van der Waals surface area contributed by atoms with Crippen LogP contribution in [0.3, 0.4) is 0 Å². The highest BCUT2D eigenvalue weighted by Crippen LogP contribution is 2.42. The average molecular weight is 787 g/mol. The highest BCUT2D eigenvalue weighted by Gasteiger charge is 2.21. The number of para-hydroxylation sites is 1. The molecule has 4 heterocycles. The highest BCUT2D eigenvalue weighted by molar-refractivity contribution is 6.15. The Morgan fingerprint density at radius 1 is 0.574 bits per heavy atom. The number of hydrogen-bond donors (Lipinski definition) is 0. The topological polar surface area (TPSA) is 34.5 Å². The Labute approximate surface area is 353 Å². The predicted octanol–water partition coefficient (Wildman–Crippen LogP) is 13.4. The second kappa shape index (κ2) is 14.0. The fraction of sp³-hybridized carbons (Fsp3) is 0.0877. The summed E-state index contributed by atoms with van der Waals surface area (Å²) in [5, 5.41) is 8.24. The summed E-state index contributed by atoms with van der Waals surface area (Å²) in [6, 6.07) is 50.2. The summed E-state index contributed by atoms with van der Waals surface area (Å²) in [6.45, 7) is 4.57. The molecule has 292 valence electrons. The Bertz CT molecular complexity index is 3640. The van der Waals surface area contributed by atoms with Crippen molar-refractivity contribution in [3.8, 4) is 16.8 Å². The molecule has 3 aliphatic rings. The van der Waals surface area contributed by atoms with Crippen LogP contribution < -0.4 is 15.5 Å². The maximum Gasteiger partial charge on any atom is 0.151 e. The van der Waals surface area contributed by atoms with Gasteiger partial charge in [-0.15, -0.1) is 0 Å². The molecule has 10 aromatic rings. The first-order valence-corrected chi connectivity index (χ1v) is 21.3. The van der Waals surface area contributed by atoms with Crippen molar-refractivity contribution in [2.24, 2.45) is 0 Å². The lowest BCUT2D eigenvalue weighted by atomic mass is 9.95. The van der Waals surface area contributed by atoms with Gasteiger partial charge in [-0.2, -0.15) is 0 Å². The Balaban J connectivity index is 0.000000350. The van der Waals surface area contributed by atoms with Crippen LogP contribution in [0.25, 0.3) is 101 Å². The zero-order valence-electron chi connectivity index (χ0n) is 34.0. The number of aryl methyl sites for hydroxylation is 2. The molecule has 0 unspecified atom stereocenters. The van der Waals surface area contributed by atoms with Gasteiger partial charge >= 0.3 is 0 Å². The fourth-order valence-electron chi connectivity index (χ4n) is 9.81. The van der Waals surface area contributed by atoms with Gasteiger partial charge in [0.05, 0.1) is 16.7 Å². The van der Waals surface area contributed by atoms with Crippen LogP contribution in [0.5, 0.6) is 0 Å². The first-order chi connectivity index (χ1) is 30.1. The molecule has 0 bridgehead atoms. The van der Waals surface area contributed by atoms with Gasteiger partial charge < -0.3 is 18.3 Å². The van der Waals surface area contributed by atoms with Crippen LogP contribution in [-0.4, -0.2) is 11.6 Å². The zero-order chi connectivity index (χ0) is 40.6. The molecule has 4 heteroatoms. The molecule has 0 saturated heterocycles. The van der Waals surface area contributed by atoms with Crippen LogP contribution in [0.4, 0.5) is 5.69 Å². The number of benzene rings is 7. The summed E-state index contributed by atoms with van der Waals surface area (Å²) in [5.41, 5.74) is 15.8. The number of allylic oxidation sites excluding steroid dienone is 3. The molecule has 61 heavy (non-hydrogen) atoms. The summed E-state index contributed by atoms with van der Waals surface area (Å²) in [7, 11) is 2.08. The molecular weight excluding hydrogens is 745 g/mol. The van der Waals surface area contributed by atoms with Gasteiger partial charge in [0.25, 0.3) is 0 Å². The van der Waals surface area contributed by atoms with Crippen molar-refractivity contribution in [2.45, 2.75) is 25.7 Å². The van der Waals surface area contributed by atoms with Crippen molar-refractivity contribution in [1.82, 2.24) is 4.57 Å². The van der Waals surface area contributed by atoms with Gasteiger partial charge in [-0.05, 0) is 114 Å². The van der Waals surface area contributed by atoms with Gasteiger partial charge in [0.15, 0.2) is 5.42 Å². The predicted molar refractivity (Wildman–Crippen MR) is 256 cm³/mol. The molecule has 0 radical (unpaired) electrons. The smallest absolute Gasteiger partial charge is 0.151 e. The van der Waals surface area contributed by atoms with Crippen LogP contribution in [0.1, 0.15) is 40.9 Å². The van der Waals surface area contributed by atoms with Crippen LogP contribution in [0, 0.1) is 0 Å². The average Bonchev–Trinajstić information content (AvgIpc) is 3.95. The lowest BCUT2D eigenvalue weighted by Crippen LogP contribution is -2.27. The molecule has 0 amide bonds. The molecule has 7 aromatic carbocycles. The first-order valence-electron chi connectivity index (χ1n) is 21.3. The molecule has 4 nitrogen and oxygen atoms in total. The van der Waals surface area contributed by atoms with Crippen molar-refractivity contribution in [3.05, 3.63) is 197 Å². The van der Waals surface area contributed by atoms with E-state index in [4.69, 9.17) is 8.83 Å². The standard InChI is InChI=1S/C47H32N2O2.C10H10/c1-28-22-38-33-13-5-8-17-45(33)51-47(38)27-48(2)40-20-18-30(23-35(28)40)31-19-21-42-36(24-31)37-25-39-34-14-6-7-16-44(34)50-46(39)26-43(37)49(42)41-15-9-11-29-10-3-4-12-32(29)41;1-2-6-10-8-4-3-7-9(10)5-1/h3-5,7-13,15-27H,1,6,14H2,2H3;1-3,5-7H,4,8H2/b38-22-,47-27+;. The Hall–Kier alpha value is -7.56. The molecule has 0 N–H and O–H groups in total. The molecule has 0 spiro atoms. The van der Waals surface area contributed by atoms with E-state index in [1.165, 1.54) is 62.0 Å². The molecule has 1 aliphatic heterocycles. The Kier molecular flexibility index (Phi) is 8.14. The minimum absolute atomic E-state index is 0.839. The maximum absolute atomic E-state index is 6.47. The van der Waals surface area contributed by atoms with E-state index in [2.05, 4.69) is 187 Å². The van der Waals surface area contributed by atoms with Gasteiger partial charge in [-0.3, -0.25) is 0 Å². The molecule has 3 aromatic heterocycles. The fourth-order valence-corrected chi connectivity index (χ4v) is 9.81. The quantitative estimate of drug-likeness (QED) is 0.175. The van der Waals surface area contributed by atoms with E-state index in [1.807, 2.05) is 12.1 Å². The number of fused-ring (bicyclic) bond motifs is 12. The van der Waals surface area contributed by atoms with Gasteiger partial charge in [0.2, 0.25) is 0 Å². The SMILES string of the molecule is C1=Cc2ccccc2CC1.C=C1/C=c2\c(oc3ccccc23)=C/N(C)c2ccc(-c3ccc4c(c3)c3cc5c6c(oc5cc3n4-c3cccc4ccccc34)C=CCC6)cc21. The van der Waals surface area contributed by atoms with E-state index in [1.54, 1.807) is 0 Å². The maximum atomic E-state index is 6.47. The summed E-state index contributed by atoms with van der Waals surface area (Å²) in [4.78, 5) is 2.14. The first kappa shape index (κ1) is 35.4. The summed E-state index contributed by atoms with van der Waals surface area (Å²) >= 11 is 0. The number of anilines is 1. The van der Waals surface area contributed by atoms with Crippen LogP contribution in [0.15, 0.2) is 167 Å².